The number of anilines is 1. The molecule has 1 aromatic carbocycles. The van der Waals surface area contributed by atoms with Crippen molar-refractivity contribution >= 4 is 40.2 Å². The minimum Gasteiger partial charge on any atom is -0.481 e. The first-order chi connectivity index (χ1) is 7.54. The molecule has 0 unspecified atom stereocenters. The maximum absolute atomic E-state index is 11.6. The van der Waals surface area contributed by atoms with Crippen molar-refractivity contribution in [3.05, 3.63) is 27.8 Å². The molecular weight excluding hydrogens is 321 g/mol. The first-order valence-corrected chi connectivity index (χ1v) is 5.90. The molecule has 0 spiro atoms. The molecule has 5 heteroatoms. The van der Waals surface area contributed by atoms with Crippen LogP contribution in [0.5, 0.6) is 0 Å². The van der Waals surface area contributed by atoms with Gasteiger partial charge in [-0.25, -0.2) is 0 Å². The van der Waals surface area contributed by atoms with Gasteiger partial charge >= 0.3 is 5.97 Å². The third-order valence-corrected chi connectivity index (χ3v) is 2.78. The minimum absolute atomic E-state index is 0.392. The maximum Gasteiger partial charge on any atom is 0.312 e. The molecule has 0 saturated carbocycles. The van der Waals surface area contributed by atoms with E-state index in [1.54, 1.807) is 0 Å². The number of aliphatic carboxylic acids is 1. The Bertz CT molecular complexity index is 389. The summed E-state index contributed by atoms with van der Waals surface area (Å²) in [6, 6.07) is 7.38. The lowest BCUT2D eigenvalue weighted by atomic mass is 10.2. The molecule has 4 nitrogen and oxygen atoms in total. The van der Waals surface area contributed by atoms with Gasteiger partial charge in [-0.2, -0.15) is 0 Å². The average molecular weight is 333 g/mol. The lowest BCUT2D eigenvalue weighted by Gasteiger charge is -2.20. The molecule has 0 atom stereocenters. The second-order valence-electron chi connectivity index (χ2n) is 3.18. The number of carboxylic acids is 1. The topological polar surface area (TPSA) is 57.6 Å². The van der Waals surface area contributed by atoms with Crippen LogP contribution in [0.4, 0.5) is 5.69 Å². The zero-order valence-electron chi connectivity index (χ0n) is 8.81. The molecule has 0 saturated heterocycles. The number of benzene rings is 1. The molecule has 0 aromatic heterocycles. The number of carboxylic acid groups (broad SMARTS) is 1. The van der Waals surface area contributed by atoms with Gasteiger partial charge in [-0.1, -0.05) is 0 Å². The largest absolute Gasteiger partial charge is 0.481 e. The van der Waals surface area contributed by atoms with Crippen LogP contribution in [0.2, 0.25) is 0 Å². The van der Waals surface area contributed by atoms with E-state index in [0.29, 0.717) is 6.54 Å². The van der Waals surface area contributed by atoms with Gasteiger partial charge in [0.25, 0.3) is 0 Å². The van der Waals surface area contributed by atoms with E-state index < -0.39 is 18.3 Å². The molecule has 0 aliphatic rings. The van der Waals surface area contributed by atoms with Crippen LogP contribution in [0.25, 0.3) is 0 Å². The number of amides is 1. The molecule has 0 heterocycles. The Balaban J connectivity index is 2.85. The van der Waals surface area contributed by atoms with Crippen LogP contribution in [0.1, 0.15) is 13.3 Å². The summed E-state index contributed by atoms with van der Waals surface area (Å²) in [5.41, 5.74) is 0.731. The zero-order valence-corrected chi connectivity index (χ0v) is 11.0. The minimum atomic E-state index is -1.10. The smallest absolute Gasteiger partial charge is 0.312 e. The molecular formula is C11H12INO3. The van der Waals surface area contributed by atoms with Crippen molar-refractivity contribution in [3.8, 4) is 0 Å². The fourth-order valence-electron chi connectivity index (χ4n) is 1.35. The number of hydrogen-bond donors (Lipinski definition) is 1. The Kier molecular flexibility index (Phi) is 4.72. The summed E-state index contributed by atoms with van der Waals surface area (Å²) in [6.45, 7) is 2.28. The lowest BCUT2D eigenvalue weighted by molar-refractivity contribution is -0.140. The van der Waals surface area contributed by atoms with Crippen molar-refractivity contribution in [2.24, 2.45) is 0 Å². The summed E-state index contributed by atoms with van der Waals surface area (Å²) in [6.07, 6.45) is -0.472. The maximum atomic E-state index is 11.6. The predicted octanol–water partition coefficient (Wildman–Crippen LogP) is 2.12. The Morgan fingerprint density at radius 3 is 2.31 bits per heavy atom. The summed E-state index contributed by atoms with van der Waals surface area (Å²) in [4.78, 5) is 23.5. The fourth-order valence-corrected chi connectivity index (χ4v) is 1.71. The van der Waals surface area contributed by atoms with Gasteiger partial charge in [-0.05, 0) is 53.8 Å². The quantitative estimate of drug-likeness (QED) is 0.678. The van der Waals surface area contributed by atoms with Crippen molar-refractivity contribution in [2.45, 2.75) is 13.3 Å². The van der Waals surface area contributed by atoms with E-state index in [0.717, 1.165) is 9.26 Å². The van der Waals surface area contributed by atoms with Gasteiger partial charge in [0.15, 0.2) is 0 Å². The molecule has 1 amide bonds. The van der Waals surface area contributed by atoms with E-state index in [1.807, 2.05) is 31.2 Å². The van der Waals surface area contributed by atoms with Crippen molar-refractivity contribution in [2.75, 3.05) is 11.4 Å². The van der Waals surface area contributed by atoms with E-state index >= 15 is 0 Å². The van der Waals surface area contributed by atoms with Crippen molar-refractivity contribution in [1.29, 1.82) is 0 Å². The Labute approximate surface area is 107 Å². The monoisotopic (exact) mass is 333 g/mol. The van der Waals surface area contributed by atoms with Crippen LogP contribution in [0.3, 0.4) is 0 Å². The van der Waals surface area contributed by atoms with Crippen LogP contribution in [0.15, 0.2) is 24.3 Å². The van der Waals surface area contributed by atoms with Crippen LogP contribution in [0, 0.1) is 3.57 Å². The van der Waals surface area contributed by atoms with Gasteiger partial charge in [-0.3, -0.25) is 9.59 Å². The van der Waals surface area contributed by atoms with Gasteiger partial charge in [0.05, 0.1) is 0 Å². The van der Waals surface area contributed by atoms with E-state index in [1.165, 1.54) is 4.90 Å². The van der Waals surface area contributed by atoms with Gasteiger partial charge < -0.3 is 10.0 Å². The summed E-state index contributed by atoms with van der Waals surface area (Å²) in [5.74, 6) is -1.50. The summed E-state index contributed by atoms with van der Waals surface area (Å²) >= 11 is 2.17. The number of rotatable bonds is 4. The number of nitrogens with zero attached hydrogens (tertiary/aromatic N) is 1. The number of halogens is 1. The fraction of sp³-hybridized carbons (Fsp3) is 0.273. The predicted molar refractivity (Wildman–Crippen MR) is 69.4 cm³/mol. The SMILES string of the molecule is CCN(C(=O)CC(=O)O)c1ccc(I)cc1. The summed E-state index contributed by atoms with van der Waals surface area (Å²) in [7, 11) is 0. The Morgan fingerprint density at radius 1 is 1.31 bits per heavy atom. The summed E-state index contributed by atoms with van der Waals surface area (Å²) < 4.78 is 1.07. The average Bonchev–Trinajstić information content (AvgIpc) is 2.21. The standard InChI is InChI=1S/C11H12INO3/c1-2-13(10(14)7-11(15)16)9-5-3-8(12)4-6-9/h3-6H,2,7H2,1H3,(H,15,16). The highest BCUT2D eigenvalue weighted by atomic mass is 127. The Morgan fingerprint density at radius 2 is 1.88 bits per heavy atom. The number of carbonyl (C=O) groups excluding carboxylic acids is 1. The second-order valence-corrected chi connectivity index (χ2v) is 4.43. The molecule has 1 N–H and O–H groups in total. The van der Waals surface area contributed by atoms with E-state index in [2.05, 4.69) is 22.6 Å². The van der Waals surface area contributed by atoms with Gasteiger partial charge in [0, 0.05) is 15.8 Å². The van der Waals surface area contributed by atoms with Crippen molar-refractivity contribution in [1.82, 2.24) is 0 Å². The van der Waals surface area contributed by atoms with Crippen molar-refractivity contribution < 1.29 is 14.7 Å². The molecule has 0 bridgehead atoms. The second kappa shape index (κ2) is 5.83. The molecule has 86 valence electrons. The van der Waals surface area contributed by atoms with Crippen LogP contribution in [-0.4, -0.2) is 23.5 Å². The molecule has 1 aromatic rings. The number of carbonyl (C=O) groups is 2. The molecule has 0 radical (unpaired) electrons. The highest BCUT2D eigenvalue weighted by molar-refractivity contribution is 14.1. The highest BCUT2D eigenvalue weighted by Gasteiger charge is 2.16. The Hall–Kier alpha value is -1.11. The first kappa shape index (κ1) is 13.0. The molecule has 16 heavy (non-hydrogen) atoms. The van der Waals surface area contributed by atoms with Crippen LogP contribution >= 0.6 is 22.6 Å². The molecule has 0 aliphatic heterocycles. The highest BCUT2D eigenvalue weighted by Crippen LogP contribution is 2.17. The third-order valence-electron chi connectivity index (χ3n) is 2.06. The molecule has 0 fully saturated rings. The number of hydrogen-bond acceptors (Lipinski definition) is 2. The van der Waals surface area contributed by atoms with Crippen molar-refractivity contribution in [3.63, 3.8) is 0 Å². The molecule has 1 rings (SSSR count). The van der Waals surface area contributed by atoms with Crippen LogP contribution < -0.4 is 4.90 Å². The lowest BCUT2D eigenvalue weighted by Crippen LogP contribution is -2.32. The van der Waals surface area contributed by atoms with Gasteiger partial charge in [0.1, 0.15) is 6.42 Å². The summed E-state index contributed by atoms with van der Waals surface area (Å²) in [5, 5.41) is 8.57. The molecule has 0 aliphatic carbocycles. The van der Waals surface area contributed by atoms with E-state index in [4.69, 9.17) is 5.11 Å². The van der Waals surface area contributed by atoms with E-state index in [-0.39, 0.29) is 0 Å². The van der Waals surface area contributed by atoms with Crippen LogP contribution in [-0.2, 0) is 9.59 Å². The third kappa shape index (κ3) is 3.48. The first-order valence-electron chi connectivity index (χ1n) is 4.82. The van der Waals surface area contributed by atoms with Gasteiger partial charge in [-0.15, -0.1) is 0 Å². The van der Waals surface area contributed by atoms with Gasteiger partial charge in [0.2, 0.25) is 5.91 Å². The normalized spacial score (nSPS) is 9.88. The zero-order chi connectivity index (χ0) is 12.1. The van der Waals surface area contributed by atoms with E-state index in [9.17, 15) is 9.59 Å².